The summed E-state index contributed by atoms with van der Waals surface area (Å²) in [6.07, 6.45) is 0. The third-order valence-corrected chi connectivity index (χ3v) is 5.54. The van der Waals surface area contributed by atoms with Crippen molar-refractivity contribution < 1.29 is 0 Å². The fraction of sp³-hybridized carbons (Fsp3) is 0.333. The van der Waals surface area contributed by atoms with Crippen LogP contribution < -0.4 is 5.32 Å². The molecule has 1 aromatic carbocycles. The van der Waals surface area contributed by atoms with Crippen molar-refractivity contribution in [2.75, 3.05) is 0 Å². The first-order valence-corrected chi connectivity index (χ1v) is 8.97. The van der Waals surface area contributed by atoms with Crippen LogP contribution in [0.1, 0.15) is 24.3 Å². The number of benzene rings is 1. The Morgan fingerprint density at radius 2 is 2.16 bits per heavy atom. The van der Waals surface area contributed by atoms with Crippen molar-refractivity contribution in [2.45, 2.75) is 37.1 Å². The van der Waals surface area contributed by atoms with Gasteiger partial charge in [0.25, 0.3) is 0 Å². The van der Waals surface area contributed by atoms with Crippen LogP contribution in [0, 0.1) is 0 Å². The molecular weight excluding hydrogens is 338 g/mol. The van der Waals surface area contributed by atoms with Gasteiger partial charge in [0.05, 0.1) is 0 Å². The minimum Gasteiger partial charge on any atom is -0.310 e. The molecule has 0 saturated carbocycles. The first-order valence-electron chi connectivity index (χ1n) is 6.31. The van der Waals surface area contributed by atoms with Crippen molar-refractivity contribution in [1.82, 2.24) is 5.32 Å². The monoisotopic (exact) mass is 355 g/mol. The molecule has 0 bridgehead atoms. The highest BCUT2D eigenvalue weighted by molar-refractivity contribution is 9.10. The highest BCUT2D eigenvalue weighted by Crippen LogP contribution is 2.28. The number of halogens is 1. The Labute approximate surface area is 131 Å². The van der Waals surface area contributed by atoms with Crippen molar-refractivity contribution in [3.8, 4) is 0 Å². The molecule has 102 valence electrons. The number of hydrogen-bond donors (Lipinski definition) is 1. The van der Waals surface area contributed by atoms with Crippen LogP contribution >= 0.6 is 39.0 Å². The minimum absolute atomic E-state index is 0.528. The van der Waals surface area contributed by atoms with E-state index < -0.39 is 0 Å². The summed E-state index contributed by atoms with van der Waals surface area (Å²) < 4.78 is 1.18. The minimum atomic E-state index is 0.528. The average Bonchev–Trinajstić information content (AvgIpc) is 2.80. The second kappa shape index (κ2) is 7.48. The van der Waals surface area contributed by atoms with E-state index in [1.165, 1.54) is 19.8 Å². The molecule has 0 radical (unpaired) electrons. The van der Waals surface area contributed by atoms with E-state index in [-0.39, 0.29) is 0 Å². The molecule has 1 N–H and O–H groups in total. The zero-order chi connectivity index (χ0) is 13.7. The predicted octanol–water partition coefficient (Wildman–Crippen LogP) is 5.30. The number of thiophene rings is 1. The molecule has 4 heteroatoms. The summed E-state index contributed by atoms with van der Waals surface area (Å²) in [7, 11) is 0. The maximum atomic E-state index is 3.50. The van der Waals surface area contributed by atoms with Gasteiger partial charge in [0.2, 0.25) is 0 Å². The SMILES string of the molecule is CC(C)NCc1cccc(SCc2cc(Br)cs2)c1. The molecule has 19 heavy (non-hydrogen) atoms. The molecular formula is C15H18BrNS2. The fourth-order valence-corrected chi connectivity index (χ4v) is 4.14. The molecule has 0 spiro atoms. The van der Waals surface area contributed by atoms with Crippen molar-refractivity contribution in [3.63, 3.8) is 0 Å². The van der Waals surface area contributed by atoms with Crippen LogP contribution in [0.3, 0.4) is 0 Å². The normalized spacial score (nSPS) is 11.2. The molecule has 0 aliphatic rings. The summed E-state index contributed by atoms with van der Waals surface area (Å²) in [5.74, 6) is 1.04. The zero-order valence-corrected chi connectivity index (χ0v) is 14.4. The lowest BCUT2D eigenvalue weighted by Crippen LogP contribution is -2.21. The molecule has 0 aliphatic carbocycles. The van der Waals surface area contributed by atoms with E-state index in [4.69, 9.17) is 0 Å². The highest BCUT2D eigenvalue weighted by Gasteiger charge is 2.01. The third-order valence-electron chi connectivity index (χ3n) is 2.62. The lowest BCUT2D eigenvalue weighted by atomic mass is 10.2. The molecule has 2 aromatic rings. The molecule has 0 unspecified atom stereocenters. The molecule has 1 nitrogen and oxygen atoms in total. The van der Waals surface area contributed by atoms with Gasteiger partial charge in [0, 0.05) is 38.0 Å². The van der Waals surface area contributed by atoms with Gasteiger partial charge in [-0.25, -0.2) is 0 Å². The van der Waals surface area contributed by atoms with E-state index in [0.29, 0.717) is 6.04 Å². The van der Waals surface area contributed by atoms with E-state index in [2.05, 4.69) is 70.8 Å². The van der Waals surface area contributed by atoms with E-state index in [0.717, 1.165) is 12.3 Å². The topological polar surface area (TPSA) is 12.0 Å². The van der Waals surface area contributed by atoms with Crippen molar-refractivity contribution in [2.24, 2.45) is 0 Å². The summed E-state index contributed by atoms with van der Waals surface area (Å²) in [5.41, 5.74) is 1.35. The van der Waals surface area contributed by atoms with E-state index in [1.54, 1.807) is 0 Å². The van der Waals surface area contributed by atoms with Crippen LogP contribution in [-0.2, 0) is 12.3 Å². The lowest BCUT2D eigenvalue weighted by Gasteiger charge is -2.09. The summed E-state index contributed by atoms with van der Waals surface area (Å²) in [4.78, 5) is 2.75. The third kappa shape index (κ3) is 5.30. The van der Waals surface area contributed by atoms with Crippen molar-refractivity contribution in [1.29, 1.82) is 0 Å². The first kappa shape index (κ1) is 15.1. The van der Waals surface area contributed by atoms with Gasteiger partial charge < -0.3 is 5.32 Å². The van der Waals surface area contributed by atoms with Gasteiger partial charge in [0.15, 0.2) is 0 Å². The molecule has 0 saturated heterocycles. The van der Waals surface area contributed by atoms with E-state index >= 15 is 0 Å². The summed E-state index contributed by atoms with van der Waals surface area (Å²) >= 11 is 7.20. The Morgan fingerprint density at radius 1 is 1.32 bits per heavy atom. The Kier molecular flexibility index (Phi) is 5.95. The quantitative estimate of drug-likeness (QED) is 0.705. The maximum absolute atomic E-state index is 3.50. The van der Waals surface area contributed by atoms with E-state index in [9.17, 15) is 0 Å². The van der Waals surface area contributed by atoms with Crippen LogP contribution in [0.5, 0.6) is 0 Å². The Morgan fingerprint density at radius 3 is 2.84 bits per heavy atom. The fourth-order valence-electron chi connectivity index (χ4n) is 1.65. The lowest BCUT2D eigenvalue weighted by molar-refractivity contribution is 0.588. The molecule has 1 heterocycles. The molecule has 2 rings (SSSR count). The number of rotatable bonds is 6. The van der Waals surface area contributed by atoms with Gasteiger partial charge in [-0.1, -0.05) is 26.0 Å². The largest absolute Gasteiger partial charge is 0.310 e. The van der Waals surface area contributed by atoms with Gasteiger partial charge in [-0.2, -0.15) is 0 Å². The Hall–Kier alpha value is -0.290. The van der Waals surface area contributed by atoms with Crippen molar-refractivity contribution >= 4 is 39.0 Å². The van der Waals surface area contributed by atoms with E-state index in [1.807, 2.05) is 23.1 Å². The smallest absolute Gasteiger partial charge is 0.0326 e. The van der Waals surface area contributed by atoms with Gasteiger partial charge in [-0.3, -0.25) is 0 Å². The van der Waals surface area contributed by atoms with Crippen LogP contribution in [0.15, 0.2) is 45.1 Å². The van der Waals surface area contributed by atoms with Crippen LogP contribution in [0.2, 0.25) is 0 Å². The zero-order valence-electron chi connectivity index (χ0n) is 11.2. The maximum Gasteiger partial charge on any atom is 0.0326 e. The summed E-state index contributed by atoms with van der Waals surface area (Å²) in [6, 6.07) is 11.5. The highest BCUT2D eigenvalue weighted by atomic mass is 79.9. The molecule has 0 fully saturated rings. The average molecular weight is 356 g/mol. The number of nitrogens with one attached hydrogen (secondary N) is 1. The van der Waals surface area contributed by atoms with Gasteiger partial charge in [0.1, 0.15) is 0 Å². The van der Waals surface area contributed by atoms with Crippen LogP contribution in [0.25, 0.3) is 0 Å². The molecule has 0 amide bonds. The number of thioether (sulfide) groups is 1. The van der Waals surface area contributed by atoms with Crippen LogP contribution in [-0.4, -0.2) is 6.04 Å². The van der Waals surface area contributed by atoms with Gasteiger partial charge >= 0.3 is 0 Å². The Bertz CT molecular complexity index is 522. The summed E-state index contributed by atoms with van der Waals surface area (Å²) in [6.45, 7) is 5.29. The summed E-state index contributed by atoms with van der Waals surface area (Å²) in [5, 5.41) is 5.59. The second-order valence-corrected chi connectivity index (χ2v) is 7.66. The standard InChI is InChI=1S/C15H18BrNS2/c1-11(2)17-8-12-4-3-5-14(6-12)19-10-15-7-13(16)9-18-15/h3-7,9,11,17H,8,10H2,1-2H3. The second-order valence-electron chi connectivity index (χ2n) is 4.70. The van der Waals surface area contributed by atoms with Crippen LogP contribution in [0.4, 0.5) is 0 Å². The number of hydrogen-bond acceptors (Lipinski definition) is 3. The Balaban J connectivity index is 1.91. The molecule has 1 aromatic heterocycles. The van der Waals surface area contributed by atoms with Gasteiger partial charge in [-0.15, -0.1) is 23.1 Å². The molecule has 0 aliphatic heterocycles. The predicted molar refractivity (Wildman–Crippen MR) is 90.0 cm³/mol. The van der Waals surface area contributed by atoms with Crippen molar-refractivity contribution in [3.05, 3.63) is 50.6 Å². The molecule has 0 atom stereocenters. The first-order chi connectivity index (χ1) is 9.13. The van der Waals surface area contributed by atoms with Gasteiger partial charge in [-0.05, 0) is 39.7 Å².